The first-order valence-corrected chi connectivity index (χ1v) is 7.54. The van der Waals surface area contributed by atoms with Crippen LogP contribution in [0.25, 0.3) is 10.8 Å². The number of hydrogen-bond donors (Lipinski definition) is 1. The number of phenolic OH excluding ortho intramolecular Hbond substituents is 1. The van der Waals surface area contributed by atoms with Gasteiger partial charge in [0.15, 0.2) is 0 Å². The van der Waals surface area contributed by atoms with Crippen LogP contribution in [0, 0.1) is 6.92 Å². The van der Waals surface area contributed by atoms with Gasteiger partial charge in [0.2, 0.25) is 0 Å². The number of rotatable bonds is 3. The van der Waals surface area contributed by atoms with Crippen molar-refractivity contribution >= 4 is 22.2 Å². The second kappa shape index (κ2) is 6.02. The lowest BCUT2D eigenvalue weighted by Gasteiger charge is -2.10. The molecule has 0 spiro atoms. The molecule has 0 saturated heterocycles. The molecule has 3 aromatic carbocycles. The van der Waals surface area contributed by atoms with E-state index in [1.165, 1.54) is 5.56 Å². The third-order valence-corrected chi connectivity index (χ3v) is 3.84. The lowest BCUT2D eigenvalue weighted by atomic mass is 10.0. The number of aryl methyl sites for hydroxylation is 1. The first-order chi connectivity index (χ1) is 10.7. The number of fused-ring (bicyclic) bond motifs is 1. The molecular formula is C20H19NO. The Morgan fingerprint density at radius 2 is 1.68 bits per heavy atom. The van der Waals surface area contributed by atoms with Crippen LogP contribution in [0.2, 0.25) is 0 Å². The van der Waals surface area contributed by atoms with Crippen molar-refractivity contribution < 1.29 is 5.11 Å². The summed E-state index contributed by atoms with van der Waals surface area (Å²) in [6.45, 7) is 4.12. The topological polar surface area (TPSA) is 32.6 Å². The summed E-state index contributed by atoms with van der Waals surface area (Å²) < 4.78 is 0. The van der Waals surface area contributed by atoms with E-state index in [4.69, 9.17) is 4.99 Å². The predicted molar refractivity (Wildman–Crippen MR) is 93.3 cm³/mol. The van der Waals surface area contributed by atoms with E-state index >= 15 is 0 Å². The number of aromatic hydroxyl groups is 1. The van der Waals surface area contributed by atoms with E-state index in [-0.39, 0.29) is 0 Å². The molecule has 0 bridgehead atoms. The maximum atomic E-state index is 10.6. The molecule has 22 heavy (non-hydrogen) atoms. The fourth-order valence-corrected chi connectivity index (χ4v) is 2.59. The maximum Gasteiger partial charge on any atom is 0.132 e. The molecule has 0 aliphatic heterocycles. The van der Waals surface area contributed by atoms with E-state index in [0.29, 0.717) is 5.75 Å². The molecule has 0 atom stereocenters. The van der Waals surface area contributed by atoms with Crippen molar-refractivity contribution in [1.82, 2.24) is 0 Å². The highest BCUT2D eigenvalue weighted by molar-refractivity contribution is 6.08. The van der Waals surface area contributed by atoms with Crippen molar-refractivity contribution in [2.24, 2.45) is 4.99 Å². The zero-order chi connectivity index (χ0) is 15.5. The van der Waals surface area contributed by atoms with Crippen LogP contribution in [0.1, 0.15) is 24.5 Å². The van der Waals surface area contributed by atoms with Gasteiger partial charge >= 0.3 is 0 Å². The Kier molecular flexibility index (Phi) is 3.92. The zero-order valence-electron chi connectivity index (χ0n) is 12.9. The molecule has 0 unspecified atom stereocenters. The van der Waals surface area contributed by atoms with Gasteiger partial charge in [-0.25, -0.2) is 0 Å². The van der Waals surface area contributed by atoms with Gasteiger partial charge in [0.25, 0.3) is 0 Å². The van der Waals surface area contributed by atoms with E-state index in [2.05, 4.69) is 13.8 Å². The van der Waals surface area contributed by atoms with Crippen molar-refractivity contribution in [3.63, 3.8) is 0 Å². The van der Waals surface area contributed by atoms with Crippen molar-refractivity contribution in [2.75, 3.05) is 0 Å². The van der Waals surface area contributed by atoms with Gasteiger partial charge in [-0.2, -0.15) is 0 Å². The summed E-state index contributed by atoms with van der Waals surface area (Å²) in [5.74, 6) is 0.311. The molecule has 0 fully saturated rings. The number of aliphatic imine (C=N–C) groups is 1. The summed E-state index contributed by atoms with van der Waals surface area (Å²) in [5, 5.41) is 12.5. The maximum absolute atomic E-state index is 10.6. The molecule has 1 N–H and O–H groups in total. The summed E-state index contributed by atoms with van der Waals surface area (Å²) in [6, 6.07) is 19.9. The third kappa shape index (κ3) is 2.73. The van der Waals surface area contributed by atoms with Crippen LogP contribution in [0.3, 0.4) is 0 Å². The predicted octanol–water partition coefficient (Wildman–Crippen LogP) is 5.38. The molecule has 0 aliphatic rings. The molecule has 2 heteroatoms. The average molecular weight is 289 g/mol. The summed E-state index contributed by atoms with van der Waals surface area (Å²) in [5.41, 5.74) is 3.83. The van der Waals surface area contributed by atoms with Crippen molar-refractivity contribution in [2.45, 2.75) is 20.3 Å². The molecule has 110 valence electrons. The first kappa shape index (κ1) is 14.3. The minimum absolute atomic E-state index is 0.311. The molecule has 2 nitrogen and oxygen atoms in total. The molecular weight excluding hydrogens is 270 g/mol. The fraction of sp³-hybridized carbons (Fsp3) is 0.150. The minimum atomic E-state index is 0.311. The first-order valence-electron chi connectivity index (χ1n) is 7.54. The van der Waals surface area contributed by atoms with Crippen LogP contribution in [-0.4, -0.2) is 10.8 Å². The SMILES string of the molecule is CCC(=Nc1ccc(C)cc1)c1ccc2ccccc2c1O. The highest BCUT2D eigenvalue weighted by Gasteiger charge is 2.10. The van der Waals surface area contributed by atoms with Gasteiger partial charge in [-0.1, -0.05) is 55.0 Å². The molecule has 3 rings (SSSR count). The fourth-order valence-electron chi connectivity index (χ4n) is 2.59. The standard InChI is InChI=1S/C20H19NO/c1-3-19(21-16-11-8-14(2)9-12-16)18-13-10-15-6-4-5-7-17(15)20(18)22/h4-13,22H,3H2,1-2H3. The monoisotopic (exact) mass is 289 g/mol. The Balaban J connectivity index is 2.11. The van der Waals surface area contributed by atoms with E-state index in [9.17, 15) is 5.11 Å². The Morgan fingerprint density at radius 3 is 2.41 bits per heavy atom. The Bertz CT molecular complexity index is 832. The van der Waals surface area contributed by atoms with Gasteiger partial charge in [-0.3, -0.25) is 4.99 Å². The highest BCUT2D eigenvalue weighted by atomic mass is 16.3. The molecule has 0 aromatic heterocycles. The largest absolute Gasteiger partial charge is 0.507 e. The lowest BCUT2D eigenvalue weighted by Crippen LogP contribution is -1.99. The van der Waals surface area contributed by atoms with Gasteiger partial charge in [0, 0.05) is 10.9 Å². The third-order valence-electron chi connectivity index (χ3n) is 3.84. The van der Waals surface area contributed by atoms with E-state index in [1.807, 2.05) is 60.7 Å². The summed E-state index contributed by atoms with van der Waals surface area (Å²) in [7, 11) is 0. The van der Waals surface area contributed by atoms with Gasteiger partial charge in [-0.05, 0) is 36.9 Å². The second-order valence-electron chi connectivity index (χ2n) is 5.43. The highest BCUT2D eigenvalue weighted by Crippen LogP contribution is 2.30. The van der Waals surface area contributed by atoms with Gasteiger partial charge in [0.05, 0.1) is 11.4 Å². The quantitative estimate of drug-likeness (QED) is 0.645. The van der Waals surface area contributed by atoms with Gasteiger partial charge in [0.1, 0.15) is 5.75 Å². The molecule has 0 amide bonds. The van der Waals surface area contributed by atoms with Crippen molar-refractivity contribution in [1.29, 1.82) is 0 Å². The molecule has 0 radical (unpaired) electrons. The number of hydrogen-bond acceptors (Lipinski definition) is 2. The number of benzene rings is 3. The molecule has 0 heterocycles. The smallest absolute Gasteiger partial charge is 0.132 e. The Labute approximate surface area is 130 Å². The van der Waals surface area contributed by atoms with Crippen LogP contribution < -0.4 is 0 Å². The summed E-state index contributed by atoms with van der Waals surface area (Å²) in [4.78, 5) is 4.71. The van der Waals surface area contributed by atoms with E-state index in [0.717, 1.165) is 34.2 Å². The molecule has 0 aliphatic carbocycles. The van der Waals surface area contributed by atoms with Crippen LogP contribution >= 0.6 is 0 Å². The van der Waals surface area contributed by atoms with Crippen LogP contribution in [0.5, 0.6) is 5.75 Å². The average Bonchev–Trinajstić information content (AvgIpc) is 2.55. The second-order valence-corrected chi connectivity index (χ2v) is 5.43. The zero-order valence-corrected chi connectivity index (χ0v) is 12.9. The Hall–Kier alpha value is -2.61. The molecule has 0 saturated carbocycles. The van der Waals surface area contributed by atoms with Gasteiger partial charge in [-0.15, -0.1) is 0 Å². The lowest BCUT2D eigenvalue weighted by molar-refractivity contribution is 0.480. The van der Waals surface area contributed by atoms with E-state index in [1.54, 1.807) is 0 Å². The molecule has 3 aromatic rings. The van der Waals surface area contributed by atoms with Crippen molar-refractivity contribution in [3.8, 4) is 5.75 Å². The van der Waals surface area contributed by atoms with Crippen LogP contribution in [0.4, 0.5) is 5.69 Å². The van der Waals surface area contributed by atoms with Crippen LogP contribution in [-0.2, 0) is 0 Å². The normalized spacial score (nSPS) is 11.8. The van der Waals surface area contributed by atoms with Crippen LogP contribution in [0.15, 0.2) is 65.7 Å². The van der Waals surface area contributed by atoms with Crippen molar-refractivity contribution in [3.05, 3.63) is 71.8 Å². The summed E-state index contributed by atoms with van der Waals surface area (Å²) >= 11 is 0. The number of nitrogens with zero attached hydrogens (tertiary/aromatic N) is 1. The van der Waals surface area contributed by atoms with E-state index < -0.39 is 0 Å². The minimum Gasteiger partial charge on any atom is -0.507 e. The number of phenols is 1. The summed E-state index contributed by atoms with van der Waals surface area (Å²) in [6.07, 6.45) is 0.764. The van der Waals surface area contributed by atoms with Gasteiger partial charge < -0.3 is 5.11 Å². The Morgan fingerprint density at radius 1 is 0.955 bits per heavy atom.